The van der Waals surface area contributed by atoms with Gasteiger partial charge in [-0.3, -0.25) is 9.38 Å². The maximum atomic E-state index is 4.57. The Balaban J connectivity index is 2.19. The Bertz CT molecular complexity index is 350. The maximum absolute atomic E-state index is 4.57. The number of aromatic nitrogens is 1. The molecular formula is C13H22N3+. The van der Waals surface area contributed by atoms with Gasteiger partial charge in [0.1, 0.15) is 0 Å². The van der Waals surface area contributed by atoms with Crippen LogP contribution in [-0.2, 0) is 0 Å². The smallest absolute Gasteiger partial charge is 0.226 e. The van der Waals surface area contributed by atoms with Gasteiger partial charge >= 0.3 is 0 Å². The van der Waals surface area contributed by atoms with Crippen molar-refractivity contribution in [3.8, 4) is 0 Å². The van der Waals surface area contributed by atoms with E-state index >= 15 is 0 Å². The molecule has 0 N–H and O–H groups in total. The van der Waals surface area contributed by atoms with Crippen molar-refractivity contribution in [2.75, 3.05) is 34.7 Å². The Kier molecular flexibility index (Phi) is 3.00. The number of rotatable bonds is 2. The summed E-state index contributed by atoms with van der Waals surface area (Å²) in [6.45, 7) is 1.21. The number of hydrogen-bond acceptors (Lipinski definition) is 2. The van der Waals surface area contributed by atoms with Crippen LogP contribution in [0.1, 0.15) is 24.4 Å². The molecule has 1 aliphatic heterocycles. The predicted octanol–water partition coefficient (Wildman–Crippen LogP) is 2.04. The van der Waals surface area contributed by atoms with Crippen molar-refractivity contribution < 1.29 is 0 Å². The SMILES string of the molecule is CN1CCCC1c1ccc([N+](C)(C)C)nc1. The van der Waals surface area contributed by atoms with Gasteiger partial charge in [-0.25, -0.2) is 4.98 Å². The van der Waals surface area contributed by atoms with E-state index in [0.29, 0.717) is 6.04 Å². The second-order valence-corrected chi connectivity index (χ2v) is 5.60. The monoisotopic (exact) mass is 220 g/mol. The van der Waals surface area contributed by atoms with Crippen LogP contribution < -0.4 is 4.48 Å². The maximum Gasteiger partial charge on any atom is 0.226 e. The highest BCUT2D eigenvalue weighted by atomic mass is 15.3. The van der Waals surface area contributed by atoms with Gasteiger partial charge in [-0.15, -0.1) is 0 Å². The lowest BCUT2D eigenvalue weighted by Crippen LogP contribution is -2.35. The minimum atomic E-state index is 0.578. The van der Waals surface area contributed by atoms with Crippen LogP contribution in [0.3, 0.4) is 0 Å². The lowest BCUT2D eigenvalue weighted by Gasteiger charge is -2.23. The predicted molar refractivity (Wildman–Crippen MR) is 68.4 cm³/mol. The molecule has 1 aromatic heterocycles. The van der Waals surface area contributed by atoms with E-state index in [-0.39, 0.29) is 0 Å². The average molecular weight is 220 g/mol. The number of nitrogens with zero attached hydrogens (tertiary/aromatic N) is 3. The molecule has 0 spiro atoms. The van der Waals surface area contributed by atoms with Crippen molar-refractivity contribution in [3.05, 3.63) is 23.9 Å². The summed E-state index contributed by atoms with van der Waals surface area (Å²) in [6.07, 6.45) is 4.62. The van der Waals surface area contributed by atoms with Crippen LogP contribution in [0.25, 0.3) is 0 Å². The fourth-order valence-corrected chi connectivity index (χ4v) is 2.32. The third-order valence-corrected chi connectivity index (χ3v) is 3.36. The van der Waals surface area contributed by atoms with Gasteiger partial charge in [-0.2, -0.15) is 0 Å². The Hall–Kier alpha value is -0.930. The van der Waals surface area contributed by atoms with Gasteiger partial charge in [0.15, 0.2) is 0 Å². The summed E-state index contributed by atoms with van der Waals surface area (Å²) in [4.78, 5) is 6.99. The van der Waals surface area contributed by atoms with Crippen molar-refractivity contribution >= 4 is 5.82 Å². The molecule has 0 bridgehead atoms. The van der Waals surface area contributed by atoms with Gasteiger partial charge < -0.3 is 0 Å². The van der Waals surface area contributed by atoms with Gasteiger partial charge in [0.25, 0.3) is 0 Å². The highest BCUT2D eigenvalue weighted by Gasteiger charge is 2.23. The Morgan fingerprint density at radius 3 is 2.50 bits per heavy atom. The fourth-order valence-electron chi connectivity index (χ4n) is 2.32. The zero-order chi connectivity index (χ0) is 11.8. The molecule has 1 unspecified atom stereocenters. The van der Waals surface area contributed by atoms with E-state index in [1.807, 2.05) is 6.20 Å². The van der Waals surface area contributed by atoms with Gasteiger partial charge in [0, 0.05) is 18.3 Å². The minimum Gasteiger partial charge on any atom is -0.299 e. The van der Waals surface area contributed by atoms with E-state index in [9.17, 15) is 0 Å². The van der Waals surface area contributed by atoms with Crippen molar-refractivity contribution in [2.24, 2.45) is 0 Å². The lowest BCUT2D eigenvalue weighted by atomic mass is 10.1. The second-order valence-electron chi connectivity index (χ2n) is 5.60. The number of quaternary nitrogens is 1. The van der Waals surface area contributed by atoms with E-state index in [1.165, 1.54) is 24.9 Å². The van der Waals surface area contributed by atoms with Crippen LogP contribution in [0.5, 0.6) is 0 Å². The number of hydrogen-bond donors (Lipinski definition) is 0. The summed E-state index contributed by atoms with van der Waals surface area (Å²) in [5.41, 5.74) is 1.36. The molecule has 0 saturated carbocycles. The molecule has 2 heterocycles. The van der Waals surface area contributed by atoms with E-state index in [4.69, 9.17) is 0 Å². The molecule has 3 heteroatoms. The molecule has 1 fully saturated rings. The molecule has 0 aliphatic carbocycles. The van der Waals surface area contributed by atoms with E-state index < -0.39 is 0 Å². The summed E-state index contributed by atoms with van der Waals surface area (Å²) in [5.74, 6) is 1.12. The average Bonchev–Trinajstić information content (AvgIpc) is 2.63. The summed E-state index contributed by atoms with van der Waals surface area (Å²) < 4.78 is 0.779. The van der Waals surface area contributed by atoms with Gasteiger partial charge in [-0.05, 0) is 38.1 Å². The summed E-state index contributed by atoms with van der Waals surface area (Å²) in [6, 6.07) is 4.97. The van der Waals surface area contributed by atoms with Crippen LogP contribution >= 0.6 is 0 Å². The fraction of sp³-hybridized carbons (Fsp3) is 0.615. The lowest BCUT2D eigenvalue weighted by molar-refractivity contribution is 0.316. The number of likely N-dealkylation sites (tertiary alicyclic amines) is 1. The molecule has 1 atom stereocenters. The molecular weight excluding hydrogens is 198 g/mol. The quantitative estimate of drug-likeness (QED) is 0.709. The molecule has 1 saturated heterocycles. The third kappa shape index (κ3) is 2.25. The molecule has 0 radical (unpaired) electrons. The summed E-state index contributed by atoms with van der Waals surface area (Å²) >= 11 is 0. The molecule has 0 aromatic carbocycles. The highest BCUT2D eigenvalue weighted by molar-refractivity contribution is 5.34. The van der Waals surface area contributed by atoms with Crippen molar-refractivity contribution in [2.45, 2.75) is 18.9 Å². The van der Waals surface area contributed by atoms with Crippen LogP contribution in [-0.4, -0.2) is 44.6 Å². The molecule has 88 valence electrons. The third-order valence-electron chi connectivity index (χ3n) is 3.36. The highest BCUT2D eigenvalue weighted by Crippen LogP contribution is 2.30. The first kappa shape index (κ1) is 11.6. The van der Waals surface area contributed by atoms with Gasteiger partial charge in [0.05, 0.1) is 21.1 Å². The standard InChI is InChI=1S/C13H22N3/c1-15-9-5-6-12(15)11-7-8-13(14-10-11)16(2,3)4/h7-8,10,12H,5-6,9H2,1-4H3/q+1. The van der Waals surface area contributed by atoms with Crippen molar-refractivity contribution in [1.82, 2.24) is 14.4 Å². The van der Waals surface area contributed by atoms with Crippen molar-refractivity contribution in [3.63, 3.8) is 0 Å². The first-order valence-electron chi connectivity index (χ1n) is 5.96. The molecule has 0 amide bonds. The number of pyridine rings is 1. The topological polar surface area (TPSA) is 16.1 Å². The largest absolute Gasteiger partial charge is 0.299 e. The summed E-state index contributed by atoms with van der Waals surface area (Å²) in [7, 11) is 8.63. The van der Waals surface area contributed by atoms with E-state index in [0.717, 1.165) is 10.3 Å². The van der Waals surface area contributed by atoms with Crippen LogP contribution in [0.2, 0.25) is 0 Å². The normalized spacial score (nSPS) is 22.6. The molecule has 3 nitrogen and oxygen atoms in total. The van der Waals surface area contributed by atoms with Crippen LogP contribution in [0.15, 0.2) is 18.3 Å². The molecule has 16 heavy (non-hydrogen) atoms. The van der Waals surface area contributed by atoms with E-state index in [1.54, 1.807) is 0 Å². The van der Waals surface area contributed by atoms with E-state index in [2.05, 4.69) is 50.2 Å². The molecule has 1 aromatic rings. The molecule has 2 rings (SSSR count). The van der Waals surface area contributed by atoms with Gasteiger partial charge in [0.2, 0.25) is 5.82 Å². The van der Waals surface area contributed by atoms with Crippen LogP contribution in [0.4, 0.5) is 5.82 Å². The summed E-state index contributed by atoms with van der Waals surface area (Å²) in [5, 5.41) is 0. The molecule has 1 aliphatic rings. The zero-order valence-corrected chi connectivity index (χ0v) is 10.8. The Labute approximate surface area is 98.3 Å². The second kappa shape index (κ2) is 4.15. The first-order chi connectivity index (χ1) is 7.48. The van der Waals surface area contributed by atoms with Gasteiger partial charge in [-0.1, -0.05) is 0 Å². The Morgan fingerprint density at radius 2 is 2.06 bits per heavy atom. The Morgan fingerprint density at radius 1 is 1.31 bits per heavy atom. The minimum absolute atomic E-state index is 0.578. The zero-order valence-electron chi connectivity index (χ0n) is 10.8. The first-order valence-corrected chi connectivity index (χ1v) is 5.96. The van der Waals surface area contributed by atoms with Crippen LogP contribution in [0, 0.1) is 0 Å². The van der Waals surface area contributed by atoms with Crippen molar-refractivity contribution in [1.29, 1.82) is 0 Å².